The summed E-state index contributed by atoms with van der Waals surface area (Å²) in [5, 5.41) is 3.55. The molecule has 2 amide bonds. The van der Waals surface area contributed by atoms with Crippen LogP contribution in [-0.2, 0) is 17.8 Å². The number of amides is 2. The van der Waals surface area contributed by atoms with E-state index in [-0.39, 0.29) is 11.8 Å². The van der Waals surface area contributed by atoms with Crippen LogP contribution in [0, 0.1) is 4.64 Å². The Morgan fingerprint density at radius 1 is 1.14 bits per heavy atom. The van der Waals surface area contributed by atoms with Gasteiger partial charge in [0.1, 0.15) is 4.64 Å². The van der Waals surface area contributed by atoms with Crippen molar-refractivity contribution in [3.8, 4) is 0 Å². The largest absolute Gasteiger partial charge is 0.352 e. The molecule has 0 unspecified atom stereocenters. The van der Waals surface area contributed by atoms with Crippen LogP contribution in [0.3, 0.4) is 0 Å². The SMILES string of the molecule is O=C(Nc1ccc2c(c1)CCC(=O)N2Cc1ccc(Cl)cc1)c1ccc[nH]c1=S. The first-order valence-corrected chi connectivity index (χ1v) is 9.97. The Labute approximate surface area is 178 Å². The van der Waals surface area contributed by atoms with E-state index in [2.05, 4.69) is 10.3 Å². The second kappa shape index (κ2) is 8.19. The molecule has 29 heavy (non-hydrogen) atoms. The minimum absolute atomic E-state index is 0.0832. The molecule has 7 heteroatoms. The molecule has 0 bridgehead atoms. The molecule has 0 saturated heterocycles. The zero-order valence-corrected chi connectivity index (χ0v) is 17.0. The van der Waals surface area contributed by atoms with Gasteiger partial charge in [-0.1, -0.05) is 36.0 Å². The number of hydrogen-bond donors (Lipinski definition) is 2. The van der Waals surface area contributed by atoms with Crippen molar-refractivity contribution >= 4 is 47.0 Å². The summed E-state index contributed by atoms with van der Waals surface area (Å²) in [7, 11) is 0. The molecule has 3 aromatic rings. The van der Waals surface area contributed by atoms with Crippen LogP contribution in [0.25, 0.3) is 0 Å². The fourth-order valence-electron chi connectivity index (χ4n) is 3.38. The van der Waals surface area contributed by atoms with Crippen LogP contribution in [0.15, 0.2) is 60.8 Å². The van der Waals surface area contributed by atoms with Crippen molar-refractivity contribution in [3.05, 3.63) is 87.1 Å². The lowest BCUT2D eigenvalue weighted by molar-refractivity contribution is -0.119. The van der Waals surface area contributed by atoms with E-state index in [9.17, 15) is 9.59 Å². The molecular weight excluding hydrogens is 406 g/mol. The molecule has 0 radical (unpaired) electrons. The first-order chi connectivity index (χ1) is 14.0. The third-order valence-corrected chi connectivity index (χ3v) is 5.44. The van der Waals surface area contributed by atoms with Crippen LogP contribution in [0.1, 0.15) is 27.9 Å². The van der Waals surface area contributed by atoms with Gasteiger partial charge in [-0.25, -0.2) is 0 Å². The second-order valence-electron chi connectivity index (χ2n) is 6.82. The number of nitrogens with zero attached hydrogens (tertiary/aromatic N) is 1. The number of rotatable bonds is 4. The Bertz CT molecular complexity index is 1140. The van der Waals surface area contributed by atoms with Crippen LogP contribution in [0.5, 0.6) is 0 Å². The molecule has 0 atom stereocenters. The highest BCUT2D eigenvalue weighted by Crippen LogP contribution is 2.32. The number of aryl methyl sites for hydroxylation is 1. The van der Waals surface area contributed by atoms with Crippen molar-refractivity contribution < 1.29 is 9.59 Å². The van der Waals surface area contributed by atoms with Crippen molar-refractivity contribution in [1.82, 2.24) is 4.98 Å². The third-order valence-electron chi connectivity index (χ3n) is 4.85. The Balaban J connectivity index is 1.57. The van der Waals surface area contributed by atoms with E-state index >= 15 is 0 Å². The van der Waals surface area contributed by atoms with Crippen molar-refractivity contribution in [3.63, 3.8) is 0 Å². The Hall–Kier alpha value is -2.96. The van der Waals surface area contributed by atoms with Gasteiger partial charge >= 0.3 is 0 Å². The number of aromatic amines is 1. The number of carbonyl (C=O) groups excluding carboxylic acids is 2. The smallest absolute Gasteiger partial charge is 0.258 e. The van der Waals surface area contributed by atoms with Gasteiger partial charge in [0.15, 0.2) is 0 Å². The minimum Gasteiger partial charge on any atom is -0.352 e. The molecule has 0 aliphatic carbocycles. The van der Waals surface area contributed by atoms with Crippen LogP contribution in [0.2, 0.25) is 5.02 Å². The highest BCUT2D eigenvalue weighted by molar-refractivity contribution is 7.71. The molecule has 2 aromatic carbocycles. The van der Waals surface area contributed by atoms with Gasteiger partial charge in [-0.3, -0.25) is 9.59 Å². The first-order valence-electron chi connectivity index (χ1n) is 9.18. The molecule has 0 fully saturated rings. The number of benzene rings is 2. The lowest BCUT2D eigenvalue weighted by atomic mass is 9.99. The minimum atomic E-state index is -0.267. The van der Waals surface area contributed by atoms with Gasteiger partial charge in [-0.2, -0.15) is 0 Å². The number of anilines is 2. The maximum Gasteiger partial charge on any atom is 0.258 e. The van der Waals surface area contributed by atoms with Gasteiger partial charge in [0.2, 0.25) is 5.91 Å². The van der Waals surface area contributed by atoms with Crippen molar-refractivity contribution in [2.24, 2.45) is 0 Å². The molecule has 1 aliphatic heterocycles. The van der Waals surface area contributed by atoms with Gasteiger partial charge in [0.05, 0.1) is 12.1 Å². The second-order valence-corrected chi connectivity index (χ2v) is 7.66. The quantitative estimate of drug-likeness (QED) is 0.572. The number of halogens is 1. The van der Waals surface area contributed by atoms with Gasteiger partial charge in [0.25, 0.3) is 5.91 Å². The number of fused-ring (bicyclic) bond motifs is 1. The standard InChI is InChI=1S/C22H18ClN3O2S/c23-16-6-3-14(4-7-16)13-26-19-9-8-17(12-15(19)5-10-20(26)27)25-21(28)18-2-1-11-24-22(18)29/h1-4,6-9,11-12H,5,10,13H2,(H,24,29)(H,25,28). The van der Waals surface area contributed by atoms with Crippen LogP contribution in [-0.4, -0.2) is 16.8 Å². The average Bonchev–Trinajstić information content (AvgIpc) is 2.72. The van der Waals surface area contributed by atoms with Crippen molar-refractivity contribution in [2.75, 3.05) is 10.2 Å². The number of nitrogens with one attached hydrogen (secondary N) is 2. The lowest BCUT2D eigenvalue weighted by Crippen LogP contribution is -2.34. The molecule has 2 heterocycles. The van der Waals surface area contributed by atoms with Crippen LogP contribution in [0.4, 0.5) is 11.4 Å². The van der Waals surface area contributed by atoms with Gasteiger partial charge < -0.3 is 15.2 Å². The van der Waals surface area contributed by atoms with E-state index in [1.165, 1.54) is 0 Å². The Kier molecular flexibility index (Phi) is 5.47. The maximum absolute atomic E-state index is 12.5. The van der Waals surface area contributed by atoms with Crippen molar-refractivity contribution in [1.29, 1.82) is 0 Å². The molecule has 0 spiro atoms. The summed E-state index contributed by atoms with van der Waals surface area (Å²) < 4.78 is 0.391. The molecule has 1 aromatic heterocycles. The van der Waals surface area contributed by atoms with Gasteiger partial charge in [0, 0.05) is 29.0 Å². The monoisotopic (exact) mass is 423 g/mol. The highest BCUT2D eigenvalue weighted by Gasteiger charge is 2.24. The predicted octanol–water partition coefficient (Wildman–Crippen LogP) is 5.13. The maximum atomic E-state index is 12.5. The number of hydrogen-bond acceptors (Lipinski definition) is 3. The fourth-order valence-corrected chi connectivity index (χ4v) is 3.74. The van der Waals surface area contributed by atoms with Crippen LogP contribution < -0.4 is 10.2 Å². The van der Waals surface area contributed by atoms with E-state index < -0.39 is 0 Å². The molecule has 2 N–H and O–H groups in total. The topological polar surface area (TPSA) is 65.2 Å². The van der Waals surface area contributed by atoms with Gasteiger partial charge in [-0.05, 0) is 60.0 Å². The summed E-state index contributed by atoms with van der Waals surface area (Å²) in [6, 6.07) is 16.5. The summed E-state index contributed by atoms with van der Waals surface area (Å²) in [6.45, 7) is 0.480. The van der Waals surface area contributed by atoms with E-state index in [0.717, 1.165) is 16.8 Å². The normalized spacial score (nSPS) is 13.1. The van der Waals surface area contributed by atoms with Crippen molar-refractivity contribution in [2.45, 2.75) is 19.4 Å². The summed E-state index contributed by atoms with van der Waals surface area (Å²) in [5.74, 6) is -0.184. The predicted molar refractivity (Wildman–Crippen MR) is 117 cm³/mol. The Morgan fingerprint density at radius 3 is 2.69 bits per heavy atom. The summed E-state index contributed by atoms with van der Waals surface area (Å²) in [6.07, 6.45) is 2.76. The van der Waals surface area contributed by atoms with E-state index in [1.807, 2.05) is 36.4 Å². The number of H-pyrrole nitrogens is 1. The lowest BCUT2D eigenvalue weighted by Gasteiger charge is -2.30. The van der Waals surface area contributed by atoms with Gasteiger partial charge in [-0.15, -0.1) is 0 Å². The molecule has 4 rings (SSSR count). The fraction of sp³-hybridized carbons (Fsp3) is 0.136. The molecule has 1 aliphatic rings. The van der Waals surface area contributed by atoms with E-state index in [1.54, 1.807) is 29.3 Å². The van der Waals surface area contributed by atoms with E-state index in [4.69, 9.17) is 23.8 Å². The average molecular weight is 424 g/mol. The Morgan fingerprint density at radius 2 is 1.93 bits per heavy atom. The summed E-state index contributed by atoms with van der Waals surface area (Å²) in [4.78, 5) is 29.7. The first kappa shape index (κ1) is 19.4. The van der Waals surface area contributed by atoms with E-state index in [0.29, 0.717) is 40.3 Å². The summed E-state index contributed by atoms with van der Waals surface area (Å²) in [5.41, 5.74) is 3.99. The zero-order chi connectivity index (χ0) is 20.4. The highest BCUT2D eigenvalue weighted by atomic mass is 35.5. The zero-order valence-electron chi connectivity index (χ0n) is 15.4. The number of pyridine rings is 1. The molecule has 146 valence electrons. The third kappa shape index (κ3) is 4.23. The molecular formula is C22H18ClN3O2S. The van der Waals surface area contributed by atoms with Crippen LogP contribution >= 0.6 is 23.8 Å². The number of aromatic nitrogens is 1. The molecule has 0 saturated carbocycles. The summed E-state index contributed by atoms with van der Waals surface area (Å²) >= 11 is 11.1. The molecule has 5 nitrogen and oxygen atoms in total. The number of carbonyl (C=O) groups is 2.